The summed E-state index contributed by atoms with van der Waals surface area (Å²) < 4.78 is 25.5. The van der Waals surface area contributed by atoms with Crippen LogP contribution < -0.4 is 4.72 Å². The number of hydrogen-bond acceptors (Lipinski definition) is 4. The molecule has 0 aliphatic carbocycles. The molecule has 1 rings (SSSR count). The molecule has 0 spiro atoms. The van der Waals surface area contributed by atoms with Gasteiger partial charge in [-0.05, 0) is 6.42 Å². The highest BCUT2D eigenvalue weighted by atomic mass is 32.2. The zero-order valence-corrected chi connectivity index (χ0v) is 9.79. The molecule has 2 N–H and O–H groups in total. The van der Waals surface area contributed by atoms with Gasteiger partial charge in [-0.3, -0.25) is 0 Å². The summed E-state index contributed by atoms with van der Waals surface area (Å²) in [6.07, 6.45) is 4.04. The summed E-state index contributed by atoms with van der Waals surface area (Å²) in [7, 11) is -3.53. The molecule has 0 saturated heterocycles. The fraction of sp³-hybridized carbons (Fsp3) is 0.556. The van der Waals surface area contributed by atoms with Crippen LogP contribution in [-0.4, -0.2) is 30.2 Å². The molecule has 0 aliphatic rings. The van der Waals surface area contributed by atoms with Crippen LogP contribution in [0.2, 0.25) is 0 Å². The number of imidazole rings is 1. The first-order chi connectivity index (χ1) is 7.60. The summed E-state index contributed by atoms with van der Waals surface area (Å²) in [6.45, 7) is 1.91. The molecule has 0 fully saturated rings. The summed E-state index contributed by atoms with van der Waals surface area (Å²) in [5, 5.41) is 7.67. The van der Waals surface area contributed by atoms with Gasteiger partial charge in [-0.1, -0.05) is 6.92 Å². The third-order valence-electron chi connectivity index (χ3n) is 2.11. The summed E-state index contributed by atoms with van der Waals surface area (Å²) >= 11 is 0. The Morgan fingerprint density at radius 2 is 2.44 bits per heavy atom. The van der Waals surface area contributed by atoms with Crippen molar-refractivity contribution in [3.05, 3.63) is 18.2 Å². The van der Waals surface area contributed by atoms with Crippen molar-refractivity contribution in [1.29, 1.82) is 5.26 Å². The summed E-state index contributed by atoms with van der Waals surface area (Å²) in [6, 6.07) is 1.76. The molecule has 0 aliphatic heterocycles. The zero-order valence-electron chi connectivity index (χ0n) is 8.97. The lowest BCUT2D eigenvalue weighted by molar-refractivity contribution is 0.572. The second-order valence-corrected chi connectivity index (χ2v) is 5.20. The van der Waals surface area contributed by atoms with Gasteiger partial charge >= 0.3 is 0 Å². The number of rotatable bonds is 6. The molecule has 16 heavy (non-hydrogen) atoms. The van der Waals surface area contributed by atoms with Crippen LogP contribution in [0, 0.1) is 11.3 Å². The maximum absolute atomic E-state index is 11.6. The molecule has 0 aromatic carbocycles. The highest BCUT2D eigenvalue weighted by Gasteiger charge is 2.22. The van der Waals surface area contributed by atoms with E-state index in [9.17, 15) is 8.42 Å². The van der Waals surface area contributed by atoms with Crippen molar-refractivity contribution in [2.45, 2.75) is 25.0 Å². The highest BCUT2D eigenvalue weighted by molar-refractivity contribution is 7.90. The van der Waals surface area contributed by atoms with Gasteiger partial charge in [0.2, 0.25) is 10.0 Å². The van der Waals surface area contributed by atoms with E-state index in [1.165, 1.54) is 0 Å². The Morgan fingerprint density at radius 1 is 1.69 bits per heavy atom. The molecule has 1 aromatic rings. The fourth-order valence-corrected chi connectivity index (χ4v) is 2.39. The summed E-state index contributed by atoms with van der Waals surface area (Å²) in [4.78, 5) is 6.84. The minimum absolute atomic E-state index is 0.244. The van der Waals surface area contributed by atoms with Crippen LogP contribution in [0.4, 0.5) is 0 Å². The molecule has 6 nitrogen and oxygen atoms in total. The van der Waals surface area contributed by atoms with Crippen LogP contribution in [0.5, 0.6) is 0 Å². The van der Waals surface area contributed by atoms with Gasteiger partial charge in [-0.15, -0.1) is 0 Å². The van der Waals surface area contributed by atoms with Crippen LogP contribution in [0.1, 0.15) is 19.2 Å². The third-order valence-corrected chi connectivity index (χ3v) is 3.90. The van der Waals surface area contributed by atoms with Crippen molar-refractivity contribution in [3.8, 4) is 6.07 Å². The Bertz CT molecular complexity index is 446. The maximum Gasteiger partial charge on any atom is 0.227 e. The number of H-pyrrole nitrogens is 1. The van der Waals surface area contributed by atoms with E-state index < -0.39 is 15.3 Å². The molecule has 0 radical (unpaired) electrons. The molecule has 0 amide bonds. The van der Waals surface area contributed by atoms with Crippen molar-refractivity contribution in [1.82, 2.24) is 14.7 Å². The van der Waals surface area contributed by atoms with Gasteiger partial charge < -0.3 is 4.98 Å². The van der Waals surface area contributed by atoms with Gasteiger partial charge in [0.15, 0.2) is 5.25 Å². The van der Waals surface area contributed by atoms with Gasteiger partial charge in [0.25, 0.3) is 0 Å². The molecule has 1 unspecified atom stereocenters. The Hall–Kier alpha value is -1.39. The van der Waals surface area contributed by atoms with Crippen LogP contribution in [-0.2, 0) is 16.4 Å². The molecular formula is C9H14N4O2S. The summed E-state index contributed by atoms with van der Waals surface area (Å²) in [5.41, 5.74) is 0. The van der Waals surface area contributed by atoms with Gasteiger partial charge in [-0.2, -0.15) is 5.26 Å². The molecule has 7 heteroatoms. The Kier molecular flexibility index (Phi) is 4.46. The molecule has 1 atom stereocenters. The molecule has 88 valence electrons. The van der Waals surface area contributed by atoms with Crippen molar-refractivity contribution in [2.24, 2.45) is 0 Å². The van der Waals surface area contributed by atoms with Crippen LogP contribution in [0.3, 0.4) is 0 Å². The largest absolute Gasteiger partial charge is 0.349 e. The highest BCUT2D eigenvalue weighted by Crippen LogP contribution is 2.02. The van der Waals surface area contributed by atoms with Gasteiger partial charge in [0.05, 0.1) is 6.07 Å². The second kappa shape index (κ2) is 5.63. The van der Waals surface area contributed by atoms with E-state index in [1.807, 2.05) is 0 Å². The SMILES string of the molecule is CCC(C#N)S(=O)(=O)NCCc1ncc[nH]1. The summed E-state index contributed by atoms with van der Waals surface area (Å²) in [5.74, 6) is 0.715. The monoisotopic (exact) mass is 242 g/mol. The zero-order chi connectivity index (χ0) is 12.0. The smallest absolute Gasteiger partial charge is 0.227 e. The van der Waals surface area contributed by atoms with Crippen LogP contribution in [0.15, 0.2) is 12.4 Å². The van der Waals surface area contributed by atoms with Crippen molar-refractivity contribution in [2.75, 3.05) is 6.54 Å². The number of nitriles is 1. The first kappa shape index (κ1) is 12.7. The van der Waals surface area contributed by atoms with Crippen molar-refractivity contribution in [3.63, 3.8) is 0 Å². The van der Waals surface area contributed by atoms with Gasteiger partial charge in [0.1, 0.15) is 5.82 Å². The molecule has 0 bridgehead atoms. The van der Waals surface area contributed by atoms with E-state index in [0.717, 1.165) is 0 Å². The predicted molar refractivity (Wildman–Crippen MR) is 58.9 cm³/mol. The molecule has 0 saturated carbocycles. The average Bonchev–Trinajstić information content (AvgIpc) is 2.71. The Balaban J connectivity index is 2.46. The molecular weight excluding hydrogens is 228 g/mol. The number of aromatic nitrogens is 2. The second-order valence-electron chi connectivity index (χ2n) is 3.25. The fourth-order valence-electron chi connectivity index (χ4n) is 1.23. The standard InChI is InChI=1S/C9H14N4O2S/c1-2-8(7-10)16(14,15)13-4-3-9-11-5-6-12-9/h5-6,8,13H,2-4H2,1H3,(H,11,12). The Morgan fingerprint density at radius 3 is 2.94 bits per heavy atom. The van der Waals surface area contributed by atoms with E-state index in [-0.39, 0.29) is 13.0 Å². The lowest BCUT2D eigenvalue weighted by Gasteiger charge is -2.08. The minimum atomic E-state index is -3.53. The normalized spacial score (nSPS) is 13.2. The van der Waals surface area contributed by atoms with Crippen molar-refractivity contribution >= 4 is 10.0 Å². The van der Waals surface area contributed by atoms with Gasteiger partial charge in [-0.25, -0.2) is 18.1 Å². The molecule has 1 heterocycles. The molecule has 1 aromatic heterocycles. The predicted octanol–water partition coefficient (Wildman–Crippen LogP) is 0.174. The number of hydrogen-bond donors (Lipinski definition) is 2. The van der Waals surface area contributed by atoms with Crippen molar-refractivity contribution < 1.29 is 8.42 Å². The lowest BCUT2D eigenvalue weighted by Crippen LogP contribution is -2.34. The number of nitrogens with one attached hydrogen (secondary N) is 2. The number of nitrogens with zero attached hydrogens (tertiary/aromatic N) is 2. The topological polar surface area (TPSA) is 98.6 Å². The van der Waals surface area contributed by atoms with Crippen LogP contribution in [0.25, 0.3) is 0 Å². The average molecular weight is 242 g/mol. The van der Waals surface area contributed by atoms with E-state index in [4.69, 9.17) is 5.26 Å². The maximum atomic E-state index is 11.6. The van der Waals surface area contributed by atoms with E-state index >= 15 is 0 Å². The minimum Gasteiger partial charge on any atom is -0.349 e. The van der Waals surface area contributed by atoms with Crippen LogP contribution >= 0.6 is 0 Å². The van der Waals surface area contributed by atoms with E-state index in [0.29, 0.717) is 12.2 Å². The quantitative estimate of drug-likeness (QED) is 0.743. The van der Waals surface area contributed by atoms with E-state index in [2.05, 4.69) is 14.7 Å². The first-order valence-corrected chi connectivity index (χ1v) is 6.51. The number of sulfonamides is 1. The van der Waals surface area contributed by atoms with E-state index in [1.54, 1.807) is 25.4 Å². The number of aromatic amines is 1. The lowest BCUT2D eigenvalue weighted by atomic mass is 10.4. The third kappa shape index (κ3) is 3.32. The Labute approximate surface area is 94.8 Å². The van der Waals surface area contributed by atoms with Gasteiger partial charge in [0, 0.05) is 25.4 Å². The first-order valence-electron chi connectivity index (χ1n) is 4.96.